The SMILES string of the molecule is NC(=S)Sc1c[nH]c2ccccc12. The standard InChI is InChI=1S/C9H8N2S2/c10-9(12)13-8-5-11-7-4-2-1-3-6(7)8/h1-5,11H,(H2,10,12). The number of aromatic nitrogens is 1. The van der Waals surface area contributed by atoms with Crippen LogP contribution in [0.3, 0.4) is 0 Å². The molecule has 0 saturated carbocycles. The van der Waals surface area contributed by atoms with Crippen molar-refractivity contribution in [1.29, 1.82) is 0 Å². The molecule has 4 heteroatoms. The molecule has 0 fully saturated rings. The molecular weight excluding hydrogens is 200 g/mol. The maximum absolute atomic E-state index is 5.46. The van der Waals surface area contributed by atoms with Gasteiger partial charge >= 0.3 is 0 Å². The van der Waals surface area contributed by atoms with Crippen LogP contribution in [-0.2, 0) is 0 Å². The van der Waals surface area contributed by atoms with Gasteiger partial charge in [-0.2, -0.15) is 0 Å². The first-order valence-corrected chi connectivity index (χ1v) is 5.03. The maximum Gasteiger partial charge on any atom is 0.136 e. The van der Waals surface area contributed by atoms with E-state index < -0.39 is 0 Å². The first-order valence-electron chi connectivity index (χ1n) is 3.81. The Morgan fingerprint density at radius 2 is 2.15 bits per heavy atom. The first-order chi connectivity index (χ1) is 6.27. The molecular formula is C9H8N2S2. The Kier molecular flexibility index (Phi) is 2.24. The molecule has 0 aliphatic heterocycles. The second kappa shape index (κ2) is 3.40. The number of H-pyrrole nitrogens is 1. The lowest BCUT2D eigenvalue weighted by Gasteiger charge is -1.94. The number of fused-ring (bicyclic) bond motifs is 1. The van der Waals surface area contributed by atoms with Gasteiger partial charge in [0.25, 0.3) is 0 Å². The van der Waals surface area contributed by atoms with Crippen LogP contribution in [0.25, 0.3) is 10.9 Å². The number of hydrogen-bond donors (Lipinski definition) is 2. The van der Waals surface area contributed by atoms with Gasteiger partial charge in [0.15, 0.2) is 0 Å². The molecule has 0 unspecified atom stereocenters. The number of thiocarbonyl (C=S) groups is 1. The van der Waals surface area contributed by atoms with E-state index in [4.69, 9.17) is 18.0 Å². The van der Waals surface area contributed by atoms with E-state index in [2.05, 4.69) is 4.98 Å². The van der Waals surface area contributed by atoms with Crippen LogP contribution < -0.4 is 5.73 Å². The van der Waals surface area contributed by atoms with Gasteiger partial charge in [-0.3, -0.25) is 0 Å². The van der Waals surface area contributed by atoms with Crippen LogP contribution in [0.15, 0.2) is 35.4 Å². The van der Waals surface area contributed by atoms with Gasteiger partial charge in [0.2, 0.25) is 0 Å². The number of nitrogens with two attached hydrogens (primary N) is 1. The highest BCUT2D eigenvalue weighted by Crippen LogP contribution is 2.27. The third kappa shape index (κ3) is 1.68. The predicted octanol–water partition coefficient (Wildman–Crippen LogP) is 2.50. The number of hydrogen-bond acceptors (Lipinski definition) is 2. The highest BCUT2D eigenvalue weighted by molar-refractivity contribution is 8.23. The average Bonchev–Trinajstić information content (AvgIpc) is 2.48. The van der Waals surface area contributed by atoms with Crippen LogP contribution in [0.5, 0.6) is 0 Å². The predicted molar refractivity (Wildman–Crippen MR) is 60.9 cm³/mol. The molecule has 0 spiro atoms. The van der Waals surface area contributed by atoms with E-state index in [1.54, 1.807) is 0 Å². The quantitative estimate of drug-likeness (QED) is 0.559. The molecule has 2 rings (SSSR count). The molecule has 1 aromatic carbocycles. The van der Waals surface area contributed by atoms with E-state index in [0.29, 0.717) is 4.32 Å². The van der Waals surface area contributed by atoms with Gasteiger partial charge in [-0.05, 0) is 6.07 Å². The number of nitrogens with one attached hydrogen (secondary N) is 1. The van der Waals surface area contributed by atoms with Gasteiger partial charge in [-0.1, -0.05) is 42.2 Å². The van der Waals surface area contributed by atoms with Crippen molar-refractivity contribution < 1.29 is 0 Å². The smallest absolute Gasteiger partial charge is 0.136 e. The minimum Gasteiger partial charge on any atom is -0.384 e. The molecule has 13 heavy (non-hydrogen) atoms. The number of aromatic amines is 1. The van der Waals surface area contributed by atoms with Crippen LogP contribution in [0.1, 0.15) is 0 Å². The second-order valence-electron chi connectivity index (χ2n) is 2.62. The van der Waals surface area contributed by atoms with Crippen LogP contribution >= 0.6 is 24.0 Å². The Morgan fingerprint density at radius 3 is 2.92 bits per heavy atom. The fourth-order valence-corrected chi connectivity index (χ4v) is 2.13. The van der Waals surface area contributed by atoms with E-state index in [-0.39, 0.29) is 0 Å². The number of benzene rings is 1. The molecule has 0 amide bonds. The van der Waals surface area contributed by atoms with Crippen molar-refractivity contribution >= 4 is 39.2 Å². The molecule has 0 aliphatic rings. The Morgan fingerprint density at radius 1 is 1.38 bits per heavy atom. The van der Waals surface area contributed by atoms with Crippen molar-refractivity contribution in [2.45, 2.75) is 4.90 Å². The Labute approximate surface area is 85.5 Å². The van der Waals surface area contributed by atoms with Crippen molar-refractivity contribution in [2.24, 2.45) is 5.73 Å². The zero-order valence-corrected chi connectivity index (χ0v) is 8.41. The molecule has 0 saturated heterocycles. The summed E-state index contributed by atoms with van der Waals surface area (Å²) in [6, 6.07) is 8.07. The molecule has 0 bridgehead atoms. The Balaban J connectivity index is 2.51. The van der Waals surface area contributed by atoms with Crippen LogP contribution in [0, 0.1) is 0 Å². The van der Waals surface area contributed by atoms with Gasteiger partial charge in [-0.25, -0.2) is 0 Å². The summed E-state index contributed by atoms with van der Waals surface area (Å²) in [6.07, 6.45) is 1.93. The van der Waals surface area contributed by atoms with Gasteiger partial charge in [0.05, 0.1) is 0 Å². The molecule has 66 valence electrons. The summed E-state index contributed by atoms with van der Waals surface area (Å²) in [4.78, 5) is 4.24. The van der Waals surface area contributed by atoms with Crippen molar-refractivity contribution in [1.82, 2.24) is 4.98 Å². The average molecular weight is 208 g/mol. The van der Waals surface area contributed by atoms with Crippen molar-refractivity contribution in [2.75, 3.05) is 0 Å². The monoisotopic (exact) mass is 208 g/mol. The molecule has 3 N–H and O–H groups in total. The fraction of sp³-hybridized carbons (Fsp3) is 0. The topological polar surface area (TPSA) is 41.8 Å². The van der Waals surface area contributed by atoms with Gasteiger partial charge in [0, 0.05) is 22.0 Å². The molecule has 1 heterocycles. The number of thioether (sulfide) groups is 1. The highest BCUT2D eigenvalue weighted by atomic mass is 32.2. The lowest BCUT2D eigenvalue weighted by molar-refractivity contribution is 1.42. The summed E-state index contributed by atoms with van der Waals surface area (Å²) in [7, 11) is 0. The molecule has 2 nitrogen and oxygen atoms in total. The van der Waals surface area contributed by atoms with E-state index in [1.807, 2.05) is 30.5 Å². The van der Waals surface area contributed by atoms with Crippen LogP contribution in [0.4, 0.5) is 0 Å². The minimum atomic E-state index is 0.449. The van der Waals surface area contributed by atoms with Crippen molar-refractivity contribution in [3.63, 3.8) is 0 Å². The number of para-hydroxylation sites is 1. The normalized spacial score (nSPS) is 10.5. The third-order valence-corrected chi connectivity index (χ3v) is 2.77. The molecule has 0 radical (unpaired) electrons. The zero-order valence-electron chi connectivity index (χ0n) is 6.78. The third-order valence-electron chi connectivity index (χ3n) is 1.76. The molecule has 0 atom stereocenters. The van der Waals surface area contributed by atoms with Crippen LogP contribution in [-0.4, -0.2) is 9.30 Å². The molecule has 0 aliphatic carbocycles. The summed E-state index contributed by atoms with van der Waals surface area (Å²) in [5.41, 5.74) is 6.57. The van der Waals surface area contributed by atoms with Gasteiger partial charge in [-0.15, -0.1) is 0 Å². The van der Waals surface area contributed by atoms with Gasteiger partial charge < -0.3 is 10.7 Å². The highest BCUT2D eigenvalue weighted by Gasteiger charge is 2.03. The van der Waals surface area contributed by atoms with Gasteiger partial charge in [0.1, 0.15) is 4.32 Å². The summed E-state index contributed by atoms with van der Waals surface area (Å²) < 4.78 is 0.449. The second-order valence-corrected chi connectivity index (χ2v) is 4.40. The van der Waals surface area contributed by atoms with Crippen LogP contribution in [0.2, 0.25) is 0 Å². The van der Waals surface area contributed by atoms with E-state index in [9.17, 15) is 0 Å². The zero-order chi connectivity index (χ0) is 9.26. The lowest BCUT2D eigenvalue weighted by Crippen LogP contribution is -2.00. The van der Waals surface area contributed by atoms with E-state index >= 15 is 0 Å². The maximum atomic E-state index is 5.46. The molecule has 2 aromatic rings. The molecule has 1 aromatic heterocycles. The van der Waals surface area contributed by atoms with E-state index in [1.165, 1.54) is 17.1 Å². The first kappa shape index (κ1) is 8.59. The Bertz CT molecular complexity index is 448. The summed E-state index contributed by atoms with van der Waals surface area (Å²) in [5.74, 6) is 0. The minimum absolute atomic E-state index is 0.449. The fourth-order valence-electron chi connectivity index (χ4n) is 1.24. The van der Waals surface area contributed by atoms with Crippen molar-refractivity contribution in [3.8, 4) is 0 Å². The Hall–Kier alpha value is -1.00. The van der Waals surface area contributed by atoms with Crippen molar-refractivity contribution in [3.05, 3.63) is 30.5 Å². The lowest BCUT2D eigenvalue weighted by atomic mass is 10.2. The summed E-state index contributed by atoms with van der Waals surface area (Å²) in [5, 5.41) is 1.17. The summed E-state index contributed by atoms with van der Waals surface area (Å²) >= 11 is 6.25. The summed E-state index contributed by atoms with van der Waals surface area (Å²) in [6.45, 7) is 0. The number of rotatable bonds is 1. The van der Waals surface area contributed by atoms with E-state index in [0.717, 1.165) is 10.4 Å². The largest absolute Gasteiger partial charge is 0.384 e.